The second-order valence-electron chi connectivity index (χ2n) is 44.0. The van der Waals surface area contributed by atoms with Gasteiger partial charge in [0.25, 0.3) is 5.56 Å². The van der Waals surface area contributed by atoms with E-state index in [0.29, 0.717) is 83.7 Å². The van der Waals surface area contributed by atoms with E-state index >= 15 is 0 Å². The standard InChI is InChI=1S/C25H24F2N4O2.C24H36N2O2.C24H30N2O.C20H21N3O2.C16H23N.C15H21N/c1-15-9-11-31(12-10-15)25-29-23(17-5-7-20(28-2)18(26)14-17)22(24(32)30(25)3)16-6-8-21(33-4)19(27)13-16;1-19(27)24(9-6-10-24)17-26-13-11-23(12-14-26,18-28-2)16-25-22-15-21(22)20-7-4-3-5-8-20;1-18(27)21-9-7-20(8-10-21)17-26-13-11-19(12-14-26)16-25-24-15-23(24)22-5-3-2-4-6-22;1-14-22-23-20(25-14)12-21-19-11-18(19)16-7-9-17(10-8-16)24-13-15-5-3-2-4-6-15;1-12-7-9-14(10-8-12)17-16-11-15(16)13-5-3-2-4-6-13;1-2-4-13(5-3-1)15-11-14(15)10-12-6-8-16-9-7-12/h5-8,13-15H,9-12H2,1,3-4H3;3-5,7-8,21-22,25H,6,9-18H2,1-2H3;2-10,19,23-25H,11-17H2,1H3;2-10,18-19,21H,11-13H2,1H3;2-6,12,14-17H,7-11H2,1H3;1-5,12,14-16H,6-11H2/t;21-,22+;23?,24-;18-,19+;12?,14?,15-,16+;14-,15+/m.01001/s1. The molecule has 0 radical (unpaired) electrons. The lowest BCUT2D eigenvalue weighted by Gasteiger charge is -2.47. The first kappa shape index (κ1) is 106. The van der Waals surface area contributed by atoms with Crippen molar-refractivity contribution in [3.05, 3.63) is 326 Å². The molecule has 9 aromatic carbocycles. The second-order valence-corrected chi connectivity index (χ2v) is 44.0. The maximum atomic E-state index is 14.5. The Morgan fingerprint density at radius 3 is 1.66 bits per heavy atom. The number of rotatable bonds is 33. The number of benzene rings is 9. The van der Waals surface area contributed by atoms with Crippen LogP contribution in [0, 0.1) is 65.5 Å². The average molecular weight is 1980 g/mol. The van der Waals surface area contributed by atoms with Gasteiger partial charge in [-0.15, -0.1) is 10.2 Å². The molecule has 4 saturated heterocycles. The van der Waals surface area contributed by atoms with Crippen LogP contribution in [0.4, 0.5) is 20.4 Å². The van der Waals surface area contributed by atoms with Crippen molar-refractivity contribution >= 4 is 23.2 Å². The highest BCUT2D eigenvalue weighted by molar-refractivity contribution is 5.94. The highest BCUT2D eigenvalue weighted by Gasteiger charge is 2.48. The molecule has 10 atom stereocenters. The zero-order valence-corrected chi connectivity index (χ0v) is 87.3. The van der Waals surface area contributed by atoms with Crippen LogP contribution >= 0.6 is 0 Å². The van der Waals surface area contributed by atoms with Gasteiger partial charge in [-0.2, -0.15) is 0 Å². The van der Waals surface area contributed by atoms with E-state index in [0.717, 1.165) is 169 Å². The van der Waals surface area contributed by atoms with Crippen LogP contribution in [-0.2, 0) is 36.3 Å². The quantitative estimate of drug-likeness (QED) is 0.0191. The summed E-state index contributed by atoms with van der Waals surface area (Å²) in [6.07, 6.45) is 26.6. The number of ether oxygens (including phenoxy) is 3. The van der Waals surface area contributed by atoms with Crippen LogP contribution in [-0.4, -0.2) is 164 Å². The Bertz CT molecular complexity index is 6050. The second kappa shape index (κ2) is 51.1. The Kier molecular flexibility index (Phi) is 37.1. The van der Waals surface area contributed by atoms with Gasteiger partial charge in [0.15, 0.2) is 17.3 Å². The van der Waals surface area contributed by atoms with Gasteiger partial charge in [-0.05, 0) is 298 Å². The summed E-state index contributed by atoms with van der Waals surface area (Å²) < 4.78 is 52.3. The molecule has 22 rings (SSSR count). The van der Waals surface area contributed by atoms with Crippen molar-refractivity contribution in [3.63, 3.8) is 0 Å². The highest BCUT2D eigenvalue weighted by Crippen LogP contribution is 2.53. The molecule has 22 heteroatoms. The van der Waals surface area contributed by atoms with Crippen molar-refractivity contribution in [2.45, 2.75) is 249 Å². The minimum absolute atomic E-state index is 0.0313. The highest BCUT2D eigenvalue weighted by atomic mass is 19.1. The van der Waals surface area contributed by atoms with Crippen molar-refractivity contribution in [1.82, 2.24) is 56.1 Å². The Morgan fingerprint density at radius 2 is 1.11 bits per heavy atom. The van der Waals surface area contributed by atoms with E-state index in [2.05, 4.69) is 235 Å². The Balaban J connectivity index is 0.000000122. The Labute approximate surface area is 865 Å². The molecule has 11 aliphatic rings. The Morgan fingerprint density at radius 1 is 0.555 bits per heavy atom. The van der Waals surface area contributed by atoms with E-state index < -0.39 is 11.6 Å². The van der Waals surface area contributed by atoms with Gasteiger partial charge in [0.2, 0.25) is 23.4 Å². The maximum absolute atomic E-state index is 14.5. The zero-order valence-electron chi connectivity index (χ0n) is 87.3. The number of hydrogen-bond acceptors (Lipinski definition) is 18. The van der Waals surface area contributed by atoms with E-state index in [1.165, 1.54) is 185 Å². The van der Waals surface area contributed by atoms with Crippen molar-refractivity contribution in [3.8, 4) is 33.9 Å². The lowest BCUT2D eigenvalue weighted by Crippen LogP contribution is -2.53. The van der Waals surface area contributed by atoms with Crippen LogP contribution in [0.15, 0.2) is 246 Å². The first-order valence-electron chi connectivity index (χ1n) is 54.5. The van der Waals surface area contributed by atoms with Crippen LogP contribution in [0.2, 0.25) is 0 Å². The molecule has 0 spiro atoms. The lowest BCUT2D eigenvalue weighted by atomic mass is 9.65. The minimum Gasteiger partial charge on any atom is -0.494 e. The number of Topliss-reactive ketones (excluding diaryl/α,β-unsaturated/α-hetero) is 2. The van der Waals surface area contributed by atoms with Crippen molar-refractivity contribution < 1.29 is 37.0 Å². The van der Waals surface area contributed by atoms with E-state index in [-0.39, 0.29) is 44.9 Å². The SMILES string of the molecule is CC(=O)c1ccc(CN2CCC(CN[C@@H]3CC3c3ccccc3)CC2)cc1.CC1CCC(N[C@@H]2C[C@H]2c2ccccc2)CC1.COCC1(CN[C@@H]2C[C@H]2c2ccccc2)CCN(CC2(C(C)=O)CCC2)CC1.Cc1nnc(CN[C@@H]2C[C@H]2c2ccc(OCc3ccccc3)cc2)o1.[C-]#[N+]c1ccc(-c2nc(N3CCC(C)CC3)n(C)c(=O)c2-c2ccc(OC)c(F)c2)cc1F.c1ccc([C@@H]2C[C@H]2CC2CCNCC2)cc1. The molecule has 7 saturated carbocycles. The molecule has 0 amide bonds. The van der Waals surface area contributed by atoms with Crippen LogP contribution in [0.1, 0.15) is 253 Å². The molecule has 5 N–H and O–H groups in total. The summed E-state index contributed by atoms with van der Waals surface area (Å²) in [5.41, 5.74) is 11.4. The smallest absolute Gasteiger partial charge is 0.263 e. The third kappa shape index (κ3) is 29.5. The molecule has 7 aliphatic carbocycles. The van der Waals surface area contributed by atoms with Crippen molar-refractivity contribution in [2.75, 3.05) is 97.7 Å². The number of likely N-dealkylation sites (tertiary alicyclic amines) is 2. The van der Waals surface area contributed by atoms with Gasteiger partial charge in [0, 0.05) is 130 Å². The molecule has 11 fully saturated rings. The summed E-state index contributed by atoms with van der Waals surface area (Å²) in [5, 5.41) is 26.3. The fourth-order valence-electron chi connectivity index (χ4n) is 23.0. The lowest BCUT2D eigenvalue weighted by molar-refractivity contribution is -0.133. The normalized spacial score (nSPS) is 23.8. The van der Waals surface area contributed by atoms with Crippen molar-refractivity contribution in [2.24, 2.45) is 47.5 Å². The van der Waals surface area contributed by atoms with Gasteiger partial charge in [-0.1, -0.05) is 227 Å². The molecule has 2 aromatic heterocycles. The number of nitrogens with zero attached hydrogens (tertiary/aromatic N) is 8. The molecular weight excluding hydrogens is 1820 g/mol. The number of halogens is 2. The van der Waals surface area contributed by atoms with Gasteiger partial charge in [0.05, 0.1) is 38.1 Å². The summed E-state index contributed by atoms with van der Waals surface area (Å²) in [6, 6.07) is 82.2. The van der Waals surface area contributed by atoms with Crippen LogP contribution in [0.25, 0.3) is 27.2 Å². The van der Waals surface area contributed by atoms with Crippen molar-refractivity contribution in [1.29, 1.82) is 0 Å². The average Bonchev–Trinajstić information content (AvgIpc) is 0.980. The van der Waals surface area contributed by atoms with Crippen LogP contribution in [0.3, 0.4) is 0 Å². The van der Waals surface area contributed by atoms with E-state index in [1.54, 1.807) is 45.5 Å². The fourth-order valence-corrected chi connectivity index (χ4v) is 23.0. The number of carbonyl (C=O) groups excluding carboxylic acids is 2. The summed E-state index contributed by atoms with van der Waals surface area (Å²) in [7, 11) is 4.83. The first-order valence-corrected chi connectivity index (χ1v) is 54.5. The summed E-state index contributed by atoms with van der Waals surface area (Å²) in [4.78, 5) is 52.2. The summed E-state index contributed by atoms with van der Waals surface area (Å²) in [5.74, 6) is 9.87. The largest absolute Gasteiger partial charge is 0.494 e. The number of nitrogens with one attached hydrogen (secondary N) is 5. The predicted octanol–water partition coefficient (Wildman–Crippen LogP) is 23.5. The van der Waals surface area contributed by atoms with Gasteiger partial charge < -0.3 is 55.0 Å². The maximum Gasteiger partial charge on any atom is 0.263 e. The molecular formula is C124H155F2N13O7. The van der Waals surface area contributed by atoms with Gasteiger partial charge >= 0.3 is 0 Å². The third-order valence-corrected chi connectivity index (χ3v) is 33.1. The molecule has 1 unspecified atom stereocenters. The number of anilines is 1. The number of piperidine rings is 4. The third-order valence-electron chi connectivity index (χ3n) is 33.1. The number of methoxy groups -OCH3 is 2. The Hall–Kier alpha value is -11.2. The van der Waals surface area contributed by atoms with E-state index in [1.807, 2.05) is 42.3 Å². The molecule has 6 heterocycles. The zero-order chi connectivity index (χ0) is 101. The summed E-state index contributed by atoms with van der Waals surface area (Å²) >= 11 is 0. The van der Waals surface area contributed by atoms with Gasteiger partial charge in [-0.25, -0.2) is 18.6 Å². The number of carbonyl (C=O) groups is 2. The monoisotopic (exact) mass is 1980 g/mol. The van der Waals surface area contributed by atoms with E-state index in [4.69, 9.17) is 30.2 Å². The molecule has 20 nitrogen and oxygen atoms in total. The molecule has 146 heavy (non-hydrogen) atoms. The molecule has 4 aliphatic heterocycles. The number of aryl methyl sites for hydroxylation is 1. The molecule has 11 aromatic rings. The number of ketones is 2. The molecule has 0 bridgehead atoms. The van der Waals surface area contributed by atoms with Crippen LogP contribution < -0.4 is 46.5 Å². The van der Waals surface area contributed by atoms with Gasteiger partial charge in [-0.3, -0.25) is 23.9 Å². The number of aromatic nitrogens is 4. The predicted molar refractivity (Wildman–Crippen MR) is 580 cm³/mol. The fraction of sp³-hybridized carbons (Fsp3) is 0.492. The topological polar surface area (TPSA) is 210 Å². The first-order chi connectivity index (χ1) is 71.1. The molecule has 772 valence electrons. The van der Waals surface area contributed by atoms with Gasteiger partial charge in [0.1, 0.15) is 24.0 Å². The number of hydrogen-bond donors (Lipinski definition) is 5. The van der Waals surface area contributed by atoms with E-state index in [9.17, 15) is 23.2 Å². The van der Waals surface area contributed by atoms with Crippen LogP contribution in [0.5, 0.6) is 11.5 Å². The summed E-state index contributed by atoms with van der Waals surface area (Å²) in [6.45, 7) is 31.6. The minimum atomic E-state index is -0.704.